The molecule has 1 fully saturated rings. The molecule has 2 aliphatic rings. The molecule has 0 radical (unpaired) electrons. The van der Waals surface area contributed by atoms with Crippen LogP contribution in [0.1, 0.15) is 55.0 Å². The van der Waals surface area contributed by atoms with Gasteiger partial charge in [0.05, 0.1) is 34.2 Å². The molecular formula is C33H33N5O2S2. The van der Waals surface area contributed by atoms with Gasteiger partial charge >= 0.3 is 0 Å². The molecule has 1 saturated heterocycles. The van der Waals surface area contributed by atoms with E-state index in [-0.39, 0.29) is 23.3 Å². The molecule has 42 heavy (non-hydrogen) atoms. The molecule has 0 spiro atoms. The Bertz CT molecular complexity index is 1710. The van der Waals surface area contributed by atoms with Gasteiger partial charge in [-0.2, -0.15) is 0 Å². The molecule has 1 amide bonds. The number of aromatic nitrogens is 3. The third-order valence-electron chi connectivity index (χ3n) is 8.09. The van der Waals surface area contributed by atoms with Crippen molar-refractivity contribution >= 4 is 55.3 Å². The summed E-state index contributed by atoms with van der Waals surface area (Å²) in [6, 6.07) is 20.0. The van der Waals surface area contributed by atoms with Crippen LogP contribution in [0.15, 0.2) is 72.0 Å². The van der Waals surface area contributed by atoms with E-state index in [1.165, 1.54) is 35.7 Å². The van der Waals surface area contributed by atoms with Gasteiger partial charge in [0.25, 0.3) is 0 Å². The van der Waals surface area contributed by atoms with E-state index in [1.54, 1.807) is 17.7 Å². The Labute approximate surface area is 253 Å². The standard InChI is InChI=1S/C33H33N5O2S2/c1-33(2)17-23-24(18-40-33)30(38-15-9-10-16-38)37-31-26(23)28-29(42-31)32(35-20-34-28)41-19-25(39)36-27(21-11-5-3-6-12-21)22-13-7-4-8-14-22/h3-8,11-14,20,27H,9-10,15-19H2,1-2H3,(H,36,39). The van der Waals surface area contributed by atoms with Gasteiger partial charge in [-0.05, 0) is 43.4 Å². The molecule has 5 heterocycles. The van der Waals surface area contributed by atoms with Gasteiger partial charge in [-0.3, -0.25) is 4.79 Å². The fourth-order valence-electron chi connectivity index (χ4n) is 6.05. The Morgan fingerprint density at radius 3 is 2.40 bits per heavy atom. The lowest BCUT2D eigenvalue weighted by Gasteiger charge is -2.34. The average molecular weight is 596 g/mol. The van der Waals surface area contributed by atoms with Gasteiger partial charge in [0.2, 0.25) is 5.91 Å². The van der Waals surface area contributed by atoms with E-state index in [1.807, 2.05) is 60.7 Å². The van der Waals surface area contributed by atoms with Crippen molar-refractivity contribution < 1.29 is 9.53 Å². The lowest BCUT2D eigenvalue weighted by Crippen LogP contribution is -2.33. The van der Waals surface area contributed by atoms with E-state index in [0.29, 0.717) is 6.61 Å². The van der Waals surface area contributed by atoms with Crippen LogP contribution in [-0.2, 0) is 22.6 Å². The molecule has 0 saturated carbocycles. The number of anilines is 1. The van der Waals surface area contributed by atoms with Gasteiger partial charge in [0.15, 0.2) is 0 Å². The SMILES string of the molecule is CC1(C)Cc2c(c(N3CCCC3)nc3sc4c(SCC(=O)NC(c5ccccc5)c5ccccc5)ncnc4c23)CO1. The summed E-state index contributed by atoms with van der Waals surface area (Å²) in [6.07, 6.45) is 4.81. The maximum Gasteiger partial charge on any atom is 0.231 e. The van der Waals surface area contributed by atoms with Gasteiger partial charge in [-0.15, -0.1) is 11.3 Å². The van der Waals surface area contributed by atoms with Gasteiger partial charge in [0.1, 0.15) is 22.0 Å². The van der Waals surface area contributed by atoms with Crippen molar-refractivity contribution in [2.45, 2.75) is 56.4 Å². The quantitative estimate of drug-likeness (QED) is 0.166. The summed E-state index contributed by atoms with van der Waals surface area (Å²) < 4.78 is 7.26. The van der Waals surface area contributed by atoms with Crippen molar-refractivity contribution in [2.24, 2.45) is 0 Å². The van der Waals surface area contributed by atoms with Crippen LogP contribution in [0.25, 0.3) is 20.4 Å². The molecule has 0 unspecified atom stereocenters. The number of fused-ring (bicyclic) bond motifs is 5. The number of carbonyl (C=O) groups excluding carboxylic acids is 1. The molecule has 2 aromatic carbocycles. The monoisotopic (exact) mass is 595 g/mol. The van der Waals surface area contributed by atoms with Crippen LogP contribution in [0.5, 0.6) is 0 Å². The minimum atomic E-state index is -0.255. The minimum Gasteiger partial charge on any atom is -0.370 e. The molecule has 5 aromatic rings. The highest BCUT2D eigenvalue weighted by atomic mass is 32.2. The lowest BCUT2D eigenvalue weighted by molar-refractivity contribution is -0.119. The molecule has 0 atom stereocenters. The van der Waals surface area contributed by atoms with E-state index < -0.39 is 0 Å². The number of carbonyl (C=O) groups is 1. The summed E-state index contributed by atoms with van der Waals surface area (Å²) in [6.45, 7) is 6.92. The van der Waals surface area contributed by atoms with Crippen molar-refractivity contribution in [3.05, 3.63) is 89.2 Å². The molecule has 0 bridgehead atoms. The maximum absolute atomic E-state index is 13.3. The second-order valence-corrected chi connectivity index (χ2v) is 13.5. The van der Waals surface area contributed by atoms with Crippen molar-refractivity contribution in [1.29, 1.82) is 0 Å². The first kappa shape index (κ1) is 27.3. The van der Waals surface area contributed by atoms with Crippen LogP contribution >= 0.6 is 23.1 Å². The number of benzene rings is 2. The third kappa shape index (κ3) is 5.25. The predicted octanol–water partition coefficient (Wildman–Crippen LogP) is 6.69. The molecule has 0 aliphatic carbocycles. The number of rotatable bonds is 7. The minimum absolute atomic E-state index is 0.0451. The normalized spacial score (nSPS) is 16.3. The number of thioether (sulfide) groups is 1. The highest BCUT2D eigenvalue weighted by Crippen LogP contribution is 2.44. The number of ether oxygens (including phenoxy) is 1. The van der Waals surface area contributed by atoms with Crippen LogP contribution in [0.4, 0.5) is 5.82 Å². The summed E-state index contributed by atoms with van der Waals surface area (Å²) in [7, 11) is 0. The largest absolute Gasteiger partial charge is 0.370 e. The highest BCUT2D eigenvalue weighted by Gasteiger charge is 2.33. The van der Waals surface area contributed by atoms with Crippen LogP contribution in [0.3, 0.4) is 0 Å². The molecule has 7 nitrogen and oxygen atoms in total. The topological polar surface area (TPSA) is 80.2 Å². The summed E-state index contributed by atoms with van der Waals surface area (Å²) in [4.78, 5) is 31.3. The van der Waals surface area contributed by atoms with Gasteiger partial charge in [0, 0.05) is 30.5 Å². The van der Waals surface area contributed by atoms with E-state index >= 15 is 0 Å². The number of nitrogens with one attached hydrogen (secondary N) is 1. The van der Waals surface area contributed by atoms with Crippen molar-refractivity contribution in [2.75, 3.05) is 23.7 Å². The Morgan fingerprint density at radius 2 is 1.71 bits per heavy atom. The fraction of sp³-hybridized carbons (Fsp3) is 0.333. The zero-order valence-electron chi connectivity index (χ0n) is 23.8. The van der Waals surface area contributed by atoms with Gasteiger partial charge in [-0.25, -0.2) is 15.0 Å². The molecular weight excluding hydrogens is 563 g/mol. The number of hydrogen-bond acceptors (Lipinski definition) is 8. The fourth-order valence-corrected chi connectivity index (χ4v) is 8.09. The first-order valence-electron chi connectivity index (χ1n) is 14.5. The molecule has 7 rings (SSSR count). The number of pyridine rings is 1. The van der Waals surface area contributed by atoms with E-state index in [4.69, 9.17) is 14.7 Å². The maximum atomic E-state index is 13.3. The summed E-state index contributed by atoms with van der Waals surface area (Å²) in [5.74, 6) is 1.27. The van der Waals surface area contributed by atoms with Crippen LogP contribution in [0.2, 0.25) is 0 Å². The predicted molar refractivity (Wildman–Crippen MR) is 170 cm³/mol. The Kier molecular flexibility index (Phi) is 7.34. The Morgan fingerprint density at radius 1 is 1.02 bits per heavy atom. The van der Waals surface area contributed by atoms with E-state index in [9.17, 15) is 4.79 Å². The molecule has 214 valence electrons. The van der Waals surface area contributed by atoms with Crippen molar-refractivity contribution in [3.63, 3.8) is 0 Å². The lowest BCUT2D eigenvalue weighted by atomic mass is 9.90. The summed E-state index contributed by atoms with van der Waals surface area (Å²) in [5, 5.41) is 5.19. The first-order valence-corrected chi connectivity index (χ1v) is 16.3. The van der Waals surface area contributed by atoms with Crippen molar-refractivity contribution in [1.82, 2.24) is 20.3 Å². The third-order valence-corrected chi connectivity index (χ3v) is 10.3. The highest BCUT2D eigenvalue weighted by molar-refractivity contribution is 8.00. The van der Waals surface area contributed by atoms with E-state index in [2.05, 4.69) is 29.0 Å². The molecule has 9 heteroatoms. The van der Waals surface area contributed by atoms with Crippen LogP contribution in [0, 0.1) is 0 Å². The zero-order chi connectivity index (χ0) is 28.7. The second-order valence-electron chi connectivity index (χ2n) is 11.6. The van der Waals surface area contributed by atoms with Gasteiger partial charge in [-0.1, -0.05) is 72.4 Å². The number of nitrogens with zero attached hydrogens (tertiary/aromatic N) is 4. The molecule has 2 aliphatic heterocycles. The van der Waals surface area contributed by atoms with Crippen molar-refractivity contribution in [3.8, 4) is 0 Å². The summed E-state index contributed by atoms with van der Waals surface area (Å²) >= 11 is 3.09. The Balaban J connectivity index is 1.20. The first-order chi connectivity index (χ1) is 20.5. The number of amides is 1. The van der Waals surface area contributed by atoms with Crippen LogP contribution < -0.4 is 10.2 Å². The molecule has 3 aromatic heterocycles. The Hall–Kier alpha value is -3.53. The molecule has 1 N–H and O–H groups in total. The van der Waals surface area contributed by atoms with Crippen LogP contribution in [-0.4, -0.2) is 45.3 Å². The number of thiophene rings is 1. The smallest absolute Gasteiger partial charge is 0.231 e. The zero-order valence-corrected chi connectivity index (χ0v) is 25.4. The van der Waals surface area contributed by atoms with Gasteiger partial charge < -0.3 is 15.0 Å². The second kappa shape index (κ2) is 11.3. The van der Waals surface area contributed by atoms with E-state index in [0.717, 1.165) is 61.9 Å². The summed E-state index contributed by atoms with van der Waals surface area (Å²) in [5.41, 5.74) is 5.26. The number of hydrogen-bond donors (Lipinski definition) is 1. The average Bonchev–Trinajstić information content (AvgIpc) is 3.67.